The predicted octanol–water partition coefficient (Wildman–Crippen LogP) is 3.22. The third-order valence-electron chi connectivity index (χ3n) is 4.29. The number of likely N-dealkylation sites (tertiary alicyclic amines) is 1. The van der Waals surface area contributed by atoms with E-state index >= 15 is 0 Å². The first-order valence-corrected chi connectivity index (χ1v) is 9.28. The van der Waals surface area contributed by atoms with Crippen molar-refractivity contribution in [3.05, 3.63) is 36.0 Å². The lowest BCUT2D eigenvalue weighted by atomic mass is 9.98. The average molecular weight is 421 g/mol. The fraction of sp³-hybridized carbons (Fsp3) is 0.529. The highest BCUT2D eigenvalue weighted by Gasteiger charge is 2.25. The zero-order chi connectivity index (χ0) is 16.9. The molecule has 3 rings (SSSR count). The molecule has 1 aliphatic rings. The largest absolute Gasteiger partial charge is 0.455 e. The number of carbonyl (C=O) groups is 1. The number of thioether (sulfide) groups is 1. The smallest absolute Gasteiger partial charge is 0.289 e. The van der Waals surface area contributed by atoms with Gasteiger partial charge >= 0.3 is 0 Å². The van der Waals surface area contributed by atoms with Crippen molar-refractivity contribution in [2.75, 3.05) is 26.7 Å². The van der Waals surface area contributed by atoms with Crippen molar-refractivity contribution >= 4 is 42.5 Å². The molecule has 2 aromatic heterocycles. The van der Waals surface area contributed by atoms with E-state index in [4.69, 9.17) is 4.42 Å². The van der Waals surface area contributed by atoms with Gasteiger partial charge in [-0.3, -0.25) is 4.79 Å². The van der Waals surface area contributed by atoms with Gasteiger partial charge in [-0.2, -0.15) is 0 Å². The van der Waals surface area contributed by atoms with Crippen molar-refractivity contribution < 1.29 is 9.21 Å². The van der Waals surface area contributed by atoms with Crippen LogP contribution in [-0.4, -0.2) is 47.0 Å². The van der Waals surface area contributed by atoms with Crippen LogP contribution in [0.4, 0.5) is 0 Å². The van der Waals surface area contributed by atoms with E-state index in [1.807, 2.05) is 35.8 Å². The van der Waals surface area contributed by atoms with E-state index in [1.54, 1.807) is 24.0 Å². The van der Waals surface area contributed by atoms with Crippen molar-refractivity contribution in [2.45, 2.75) is 23.8 Å². The Balaban J connectivity index is 0.00000169. The molecule has 9 heteroatoms. The Morgan fingerprint density at radius 3 is 2.92 bits per heavy atom. The van der Waals surface area contributed by atoms with Crippen molar-refractivity contribution in [1.29, 1.82) is 0 Å². The van der Waals surface area contributed by atoms with E-state index in [0.717, 1.165) is 37.0 Å². The van der Waals surface area contributed by atoms with Gasteiger partial charge in [-0.15, -0.1) is 24.8 Å². The van der Waals surface area contributed by atoms with Crippen molar-refractivity contribution in [1.82, 2.24) is 19.8 Å². The fourth-order valence-corrected chi connectivity index (χ4v) is 3.88. The van der Waals surface area contributed by atoms with E-state index in [9.17, 15) is 4.79 Å². The number of nitrogens with one attached hydrogen (secondary N) is 1. The summed E-state index contributed by atoms with van der Waals surface area (Å²) in [6.45, 7) is 2.57. The second-order valence-electron chi connectivity index (χ2n) is 6.19. The van der Waals surface area contributed by atoms with Gasteiger partial charge in [0.1, 0.15) is 5.76 Å². The van der Waals surface area contributed by atoms with Gasteiger partial charge in [0.2, 0.25) is 0 Å². The molecule has 1 saturated heterocycles. The number of carbonyl (C=O) groups excluding carboxylic acids is 1. The molecule has 1 amide bonds. The maximum absolute atomic E-state index is 12.6. The molecule has 0 spiro atoms. The maximum Gasteiger partial charge on any atom is 0.289 e. The summed E-state index contributed by atoms with van der Waals surface area (Å²) >= 11 is 1.60. The number of piperidine rings is 1. The molecule has 0 saturated carbocycles. The molecular weight excluding hydrogens is 395 g/mol. The molecule has 1 atom stereocenters. The zero-order valence-corrected chi connectivity index (χ0v) is 17.5. The molecule has 2 aromatic rings. The van der Waals surface area contributed by atoms with Crippen LogP contribution in [0.5, 0.6) is 0 Å². The second kappa shape index (κ2) is 10.9. The standard InChI is InChI=1S/C17H24N4O2S.2ClH/c1-18-10-13-4-3-8-21(11-13)16(22)15-6-5-14(23-15)12-24-17-19-7-9-20(17)2;;/h5-7,9,13,18H,3-4,8,10-12H2,1-2H3;2*1H. The summed E-state index contributed by atoms with van der Waals surface area (Å²) in [6.07, 6.45) is 5.92. The molecule has 1 fully saturated rings. The van der Waals surface area contributed by atoms with Crippen LogP contribution in [0.2, 0.25) is 0 Å². The van der Waals surface area contributed by atoms with E-state index in [-0.39, 0.29) is 30.7 Å². The number of furan rings is 1. The van der Waals surface area contributed by atoms with Crippen molar-refractivity contribution in [2.24, 2.45) is 13.0 Å². The molecule has 0 aromatic carbocycles. The molecule has 0 bridgehead atoms. The van der Waals surface area contributed by atoms with Crippen LogP contribution in [0, 0.1) is 5.92 Å². The van der Waals surface area contributed by atoms with Crippen LogP contribution in [0.15, 0.2) is 34.1 Å². The normalized spacial score (nSPS) is 16.7. The third-order valence-corrected chi connectivity index (χ3v) is 5.37. The summed E-state index contributed by atoms with van der Waals surface area (Å²) in [6, 6.07) is 3.68. The highest BCUT2D eigenvalue weighted by Crippen LogP contribution is 2.23. The molecule has 1 unspecified atom stereocenters. The molecule has 146 valence electrons. The highest BCUT2D eigenvalue weighted by atomic mass is 35.5. The van der Waals surface area contributed by atoms with Crippen molar-refractivity contribution in [3.63, 3.8) is 0 Å². The number of hydrogen-bond donors (Lipinski definition) is 1. The van der Waals surface area contributed by atoms with Crippen LogP contribution in [0.25, 0.3) is 0 Å². The maximum atomic E-state index is 12.6. The number of rotatable bonds is 6. The van der Waals surface area contributed by atoms with Gasteiger partial charge in [0.25, 0.3) is 5.91 Å². The Hall–Kier alpha value is -1.15. The number of amides is 1. The molecule has 0 aliphatic carbocycles. The molecule has 6 nitrogen and oxygen atoms in total. The Labute approximate surface area is 170 Å². The number of hydrogen-bond acceptors (Lipinski definition) is 5. The second-order valence-corrected chi connectivity index (χ2v) is 7.13. The Bertz CT molecular complexity index is 690. The lowest BCUT2D eigenvalue weighted by molar-refractivity contribution is 0.0641. The first-order valence-electron chi connectivity index (χ1n) is 8.30. The summed E-state index contributed by atoms with van der Waals surface area (Å²) in [5, 5.41) is 4.14. The minimum Gasteiger partial charge on any atom is -0.455 e. The van der Waals surface area contributed by atoms with Crippen LogP contribution in [-0.2, 0) is 12.8 Å². The van der Waals surface area contributed by atoms with Gasteiger partial charge in [-0.05, 0) is 44.5 Å². The summed E-state index contributed by atoms with van der Waals surface area (Å²) in [5.41, 5.74) is 0. The van der Waals surface area contributed by atoms with Crippen LogP contribution in [0.3, 0.4) is 0 Å². The average Bonchev–Trinajstić information content (AvgIpc) is 3.22. The molecule has 0 radical (unpaired) electrons. The molecule has 1 aliphatic heterocycles. The quantitative estimate of drug-likeness (QED) is 0.726. The molecule has 26 heavy (non-hydrogen) atoms. The topological polar surface area (TPSA) is 63.3 Å². The number of aromatic nitrogens is 2. The fourth-order valence-electron chi connectivity index (χ4n) is 3.06. The minimum absolute atomic E-state index is 0. The summed E-state index contributed by atoms with van der Waals surface area (Å²) in [4.78, 5) is 18.8. The van der Waals surface area contributed by atoms with E-state index < -0.39 is 0 Å². The molecule has 1 N–H and O–H groups in total. The SMILES string of the molecule is CNCC1CCCN(C(=O)c2ccc(CSc3nccn3C)o2)C1.Cl.Cl. The summed E-state index contributed by atoms with van der Waals surface area (Å²) < 4.78 is 7.73. The van der Waals surface area contributed by atoms with Gasteiger partial charge in [0.05, 0.1) is 5.75 Å². The van der Waals surface area contributed by atoms with Gasteiger partial charge < -0.3 is 19.2 Å². The summed E-state index contributed by atoms with van der Waals surface area (Å²) in [5.74, 6) is 2.44. The molecular formula is C17H26Cl2N4O2S. The Morgan fingerprint density at radius 1 is 1.42 bits per heavy atom. The molecule has 3 heterocycles. The minimum atomic E-state index is 0. The number of halogens is 2. The third kappa shape index (κ3) is 5.67. The number of imidazole rings is 1. The van der Waals surface area contributed by atoms with Crippen LogP contribution < -0.4 is 5.32 Å². The van der Waals surface area contributed by atoms with Gasteiger partial charge in [-0.25, -0.2) is 4.98 Å². The number of nitrogens with zero attached hydrogens (tertiary/aromatic N) is 3. The first-order chi connectivity index (χ1) is 11.7. The monoisotopic (exact) mass is 420 g/mol. The predicted molar refractivity (Wildman–Crippen MR) is 109 cm³/mol. The summed E-state index contributed by atoms with van der Waals surface area (Å²) in [7, 11) is 3.92. The van der Waals surface area contributed by atoms with Crippen LogP contribution in [0.1, 0.15) is 29.2 Å². The highest BCUT2D eigenvalue weighted by molar-refractivity contribution is 7.98. The van der Waals surface area contributed by atoms with E-state index in [0.29, 0.717) is 17.4 Å². The Morgan fingerprint density at radius 2 is 2.23 bits per heavy atom. The van der Waals surface area contributed by atoms with Gasteiger partial charge in [0.15, 0.2) is 10.9 Å². The first kappa shape index (κ1) is 22.9. The Kier molecular flexibility index (Phi) is 9.57. The van der Waals surface area contributed by atoms with E-state index in [1.165, 1.54) is 6.42 Å². The van der Waals surface area contributed by atoms with Crippen molar-refractivity contribution in [3.8, 4) is 0 Å². The van der Waals surface area contributed by atoms with Gasteiger partial charge in [0, 0.05) is 32.5 Å². The lowest BCUT2D eigenvalue weighted by Crippen LogP contribution is -2.42. The van der Waals surface area contributed by atoms with Crippen LogP contribution >= 0.6 is 36.6 Å². The van der Waals surface area contributed by atoms with E-state index in [2.05, 4.69) is 10.3 Å². The number of aryl methyl sites for hydroxylation is 1. The lowest BCUT2D eigenvalue weighted by Gasteiger charge is -2.32. The zero-order valence-electron chi connectivity index (χ0n) is 15.0. The van der Waals surface area contributed by atoms with Gasteiger partial charge in [-0.1, -0.05) is 11.8 Å².